The molecule has 1 heterocycles. The molecule has 0 unspecified atom stereocenters. The van der Waals surface area contributed by atoms with E-state index in [9.17, 15) is 4.79 Å². The first-order chi connectivity index (χ1) is 13.0. The average Bonchev–Trinajstić information content (AvgIpc) is 3.28. The highest BCUT2D eigenvalue weighted by molar-refractivity contribution is 6.39. The van der Waals surface area contributed by atoms with Crippen molar-refractivity contribution in [2.75, 3.05) is 12.4 Å². The summed E-state index contributed by atoms with van der Waals surface area (Å²) < 4.78 is 11.7. The van der Waals surface area contributed by atoms with Gasteiger partial charge in [0.15, 0.2) is 11.5 Å². The number of pyridine rings is 1. The van der Waals surface area contributed by atoms with Crippen LogP contribution in [0.5, 0.6) is 11.5 Å². The SMILES string of the molecule is COc1ccc(C(=O)Nc2c(Cl)cncc2Cl)cc1O[C@@H]1C[C@H]2CC[C@@H]1C2. The van der Waals surface area contributed by atoms with E-state index >= 15 is 0 Å². The van der Waals surface area contributed by atoms with Crippen LogP contribution in [0.3, 0.4) is 0 Å². The van der Waals surface area contributed by atoms with Crippen molar-refractivity contribution in [3.63, 3.8) is 0 Å². The molecule has 2 aliphatic rings. The van der Waals surface area contributed by atoms with Crippen molar-refractivity contribution < 1.29 is 14.3 Å². The molecule has 1 aromatic heterocycles. The van der Waals surface area contributed by atoms with Crippen molar-refractivity contribution in [1.82, 2.24) is 4.98 Å². The van der Waals surface area contributed by atoms with Crippen LogP contribution in [0.2, 0.25) is 10.0 Å². The quantitative estimate of drug-likeness (QED) is 0.739. The van der Waals surface area contributed by atoms with Crippen molar-refractivity contribution in [1.29, 1.82) is 0 Å². The maximum absolute atomic E-state index is 12.7. The third kappa shape index (κ3) is 3.71. The lowest BCUT2D eigenvalue weighted by atomic mass is 9.97. The second-order valence-electron chi connectivity index (χ2n) is 7.13. The normalized spacial score (nSPS) is 23.3. The van der Waals surface area contributed by atoms with Crippen LogP contribution in [-0.2, 0) is 0 Å². The number of hydrogen-bond donors (Lipinski definition) is 1. The fraction of sp³-hybridized carbons (Fsp3) is 0.400. The number of ether oxygens (including phenoxy) is 2. The molecular formula is C20H20Cl2N2O3. The summed E-state index contributed by atoms with van der Waals surface area (Å²) in [4.78, 5) is 16.6. The van der Waals surface area contributed by atoms with Crippen molar-refractivity contribution in [3.8, 4) is 11.5 Å². The van der Waals surface area contributed by atoms with Gasteiger partial charge in [-0.1, -0.05) is 23.2 Å². The van der Waals surface area contributed by atoms with Crippen LogP contribution in [0.15, 0.2) is 30.6 Å². The molecule has 2 fully saturated rings. The molecule has 1 amide bonds. The molecular weight excluding hydrogens is 387 g/mol. The summed E-state index contributed by atoms with van der Waals surface area (Å²) in [5, 5.41) is 3.30. The number of hydrogen-bond acceptors (Lipinski definition) is 4. The molecule has 0 saturated heterocycles. The number of anilines is 1. The molecule has 1 N–H and O–H groups in total. The van der Waals surface area contributed by atoms with E-state index in [1.165, 1.54) is 31.7 Å². The molecule has 4 rings (SSSR count). The molecule has 2 saturated carbocycles. The highest BCUT2D eigenvalue weighted by Crippen LogP contribution is 2.47. The third-order valence-electron chi connectivity index (χ3n) is 5.47. The minimum absolute atomic E-state index is 0.194. The van der Waals surface area contributed by atoms with Gasteiger partial charge in [0.25, 0.3) is 5.91 Å². The van der Waals surface area contributed by atoms with Crippen LogP contribution in [0.4, 0.5) is 5.69 Å². The molecule has 1 aromatic carbocycles. The fourth-order valence-electron chi connectivity index (χ4n) is 4.12. The van der Waals surface area contributed by atoms with Gasteiger partial charge < -0.3 is 14.8 Å². The zero-order valence-electron chi connectivity index (χ0n) is 14.9. The van der Waals surface area contributed by atoms with Crippen molar-refractivity contribution in [2.45, 2.75) is 31.8 Å². The van der Waals surface area contributed by atoms with Crippen LogP contribution >= 0.6 is 23.2 Å². The number of aromatic nitrogens is 1. The average molecular weight is 407 g/mol. The lowest BCUT2D eigenvalue weighted by Crippen LogP contribution is -2.24. The van der Waals surface area contributed by atoms with E-state index in [1.54, 1.807) is 25.3 Å². The number of amides is 1. The zero-order valence-corrected chi connectivity index (χ0v) is 16.4. The second-order valence-corrected chi connectivity index (χ2v) is 7.94. The molecule has 5 nitrogen and oxygen atoms in total. The number of benzene rings is 1. The molecule has 3 atom stereocenters. The minimum atomic E-state index is -0.328. The van der Waals surface area contributed by atoms with E-state index in [-0.39, 0.29) is 22.1 Å². The number of fused-ring (bicyclic) bond motifs is 2. The van der Waals surface area contributed by atoms with Gasteiger partial charge >= 0.3 is 0 Å². The van der Waals surface area contributed by atoms with Crippen LogP contribution < -0.4 is 14.8 Å². The Morgan fingerprint density at radius 2 is 1.93 bits per heavy atom. The van der Waals surface area contributed by atoms with E-state index in [0.29, 0.717) is 28.7 Å². The van der Waals surface area contributed by atoms with Crippen molar-refractivity contribution >= 4 is 34.8 Å². The summed E-state index contributed by atoms with van der Waals surface area (Å²) >= 11 is 12.2. The van der Waals surface area contributed by atoms with E-state index < -0.39 is 0 Å². The third-order valence-corrected chi connectivity index (χ3v) is 6.04. The van der Waals surface area contributed by atoms with Crippen molar-refractivity contribution in [2.24, 2.45) is 11.8 Å². The van der Waals surface area contributed by atoms with Crippen molar-refractivity contribution in [3.05, 3.63) is 46.2 Å². The van der Waals surface area contributed by atoms with E-state index in [1.807, 2.05) is 0 Å². The standard InChI is InChI=1S/C20H20Cl2N2O3/c1-26-16-5-4-13(20(25)24-19-14(21)9-23-10-15(19)22)8-18(16)27-17-7-11-2-3-12(17)6-11/h4-5,8-12,17H,2-3,6-7H2,1H3,(H,23,24,25)/t11-,12+,17+/m0/s1. The monoisotopic (exact) mass is 406 g/mol. The Balaban J connectivity index is 1.55. The number of carbonyl (C=O) groups is 1. The van der Waals surface area contributed by atoms with Gasteiger partial charge in [0.2, 0.25) is 0 Å². The molecule has 2 aliphatic carbocycles. The van der Waals surface area contributed by atoms with Gasteiger partial charge in [-0.3, -0.25) is 9.78 Å². The van der Waals surface area contributed by atoms with Gasteiger partial charge in [-0.15, -0.1) is 0 Å². The first kappa shape index (κ1) is 18.4. The fourth-order valence-corrected chi connectivity index (χ4v) is 4.58. The van der Waals surface area contributed by atoms with E-state index in [4.69, 9.17) is 32.7 Å². The number of halogens is 2. The van der Waals surface area contributed by atoms with Crippen LogP contribution in [0.25, 0.3) is 0 Å². The summed E-state index contributed by atoms with van der Waals surface area (Å²) in [6.07, 6.45) is 7.90. The molecule has 0 radical (unpaired) electrons. The van der Waals surface area contributed by atoms with Crippen LogP contribution in [0, 0.1) is 11.8 Å². The Hall–Kier alpha value is -1.98. The Labute approximate surface area is 168 Å². The summed E-state index contributed by atoms with van der Waals surface area (Å²) in [5.74, 6) is 2.26. The van der Waals surface area contributed by atoms with Gasteiger partial charge in [-0.25, -0.2) is 0 Å². The van der Waals surface area contributed by atoms with E-state index in [2.05, 4.69) is 10.3 Å². The highest BCUT2D eigenvalue weighted by Gasteiger charge is 2.41. The predicted molar refractivity (Wildman–Crippen MR) is 105 cm³/mol. The number of nitrogens with zero attached hydrogens (tertiary/aromatic N) is 1. The lowest BCUT2D eigenvalue weighted by Gasteiger charge is -2.24. The summed E-state index contributed by atoms with van der Waals surface area (Å²) in [6, 6.07) is 5.14. The first-order valence-electron chi connectivity index (χ1n) is 9.00. The molecule has 2 aromatic rings. The Bertz CT molecular complexity index is 854. The topological polar surface area (TPSA) is 60.5 Å². The van der Waals surface area contributed by atoms with Gasteiger partial charge in [0, 0.05) is 18.0 Å². The number of rotatable bonds is 5. The second kappa shape index (κ2) is 7.56. The molecule has 0 spiro atoms. The number of nitrogens with one attached hydrogen (secondary N) is 1. The Morgan fingerprint density at radius 3 is 2.56 bits per heavy atom. The Morgan fingerprint density at radius 1 is 1.15 bits per heavy atom. The zero-order chi connectivity index (χ0) is 19.0. The van der Waals surface area contributed by atoms with Gasteiger partial charge in [-0.2, -0.15) is 0 Å². The largest absolute Gasteiger partial charge is 0.493 e. The smallest absolute Gasteiger partial charge is 0.255 e. The van der Waals surface area contributed by atoms with Gasteiger partial charge in [0.1, 0.15) is 6.10 Å². The predicted octanol–water partition coefficient (Wildman–Crippen LogP) is 5.22. The Kier molecular flexibility index (Phi) is 5.15. The highest BCUT2D eigenvalue weighted by atomic mass is 35.5. The summed E-state index contributed by atoms with van der Waals surface area (Å²) in [6.45, 7) is 0. The number of methoxy groups -OCH3 is 1. The summed E-state index contributed by atoms with van der Waals surface area (Å²) in [5.41, 5.74) is 0.780. The van der Waals surface area contributed by atoms with Gasteiger partial charge in [0.05, 0.1) is 22.8 Å². The molecule has 142 valence electrons. The van der Waals surface area contributed by atoms with Crippen LogP contribution in [-0.4, -0.2) is 24.1 Å². The van der Waals surface area contributed by atoms with E-state index in [0.717, 1.165) is 12.3 Å². The number of carbonyl (C=O) groups excluding carboxylic acids is 1. The van der Waals surface area contributed by atoms with Crippen LogP contribution in [0.1, 0.15) is 36.0 Å². The molecule has 27 heavy (non-hydrogen) atoms. The maximum Gasteiger partial charge on any atom is 0.255 e. The lowest BCUT2D eigenvalue weighted by molar-refractivity contribution is 0.102. The molecule has 0 aliphatic heterocycles. The minimum Gasteiger partial charge on any atom is -0.493 e. The maximum atomic E-state index is 12.7. The molecule has 7 heteroatoms. The van der Waals surface area contributed by atoms with Gasteiger partial charge in [-0.05, 0) is 55.7 Å². The first-order valence-corrected chi connectivity index (χ1v) is 9.75. The molecule has 2 bridgehead atoms. The summed E-state index contributed by atoms with van der Waals surface area (Å²) in [7, 11) is 1.60.